The Kier molecular flexibility index (Phi) is 6.46. The van der Waals surface area contributed by atoms with Crippen molar-refractivity contribution in [3.05, 3.63) is 0 Å². The highest BCUT2D eigenvalue weighted by molar-refractivity contribution is 4.80. The second-order valence-electron chi connectivity index (χ2n) is 5.86. The van der Waals surface area contributed by atoms with Crippen LogP contribution in [-0.2, 0) is 4.74 Å². The highest BCUT2D eigenvalue weighted by Crippen LogP contribution is 2.32. The van der Waals surface area contributed by atoms with Gasteiger partial charge in [-0.05, 0) is 84.1 Å². The van der Waals surface area contributed by atoms with Crippen LogP contribution < -0.4 is 5.32 Å². The van der Waals surface area contributed by atoms with Crippen LogP contribution in [0.2, 0.25) is 0 Å². The van der Waals surface area contributed by atoms with E-state index in [9.17, 15) is 0 Å². The zero-order chi connectivity index (χ0) is 12.6. The Morgan fingerprint density at radius 3 is 2.67 bits per heavy atom. The lowest BCUT2D eigenvalue weighted by molar-refractivity contribution is -0.0263. The lowest BCUT2D eigenvalue weighted by Gasteiger charge is -2.35. The van der Waals surface area contributed by atoms with Gasteiger partial charge in [-0.3, -0.25) is 0 Å². The first kappa shape index (κ1) is 14.3. The summed E-state index contributed by atoms with van der Waals surface area (Å²) in [6.07, 6.45) is 8.65. The van der Waals surface area contributed by atoms with Crippen molar-refractivity contribution in [2.75, 3.05) is 39.3 Å². The summed E-state index contributed by atoms with van der Waals surface area (Å²) in [5, 5.41) is 3.59. The number of hydrogen-bond donors (Lipinski definition) is 1. The highest BCUT2D eigenvalue weighted by Gasteiger charge is 2.28. The van der Waals surface area contributed by atoms with Crippen LogP contribution in [0.5, 0.6) is 0 Å². The maximum Gasteiger partial charge on any atom is 0.0580 e. The molecule has 0 aromatic rings. The fourth-order valence-corrected chi connectivity index (χ4v) is 3.15. The van der Waals surface area contributed by atoms with E-state index in [4.69, 9.17) is 4.74 Å². The third kappa shape index (κ3) is 4.87. The van der Waals surface area contributed by atoms with Gasteiger partial charge in [-0.1, -0.05) is 0 Å². The van der Waals surface area contributed by atoms with Gasteiger partial charge < -0.3 is 15.0 Å². The van der Waals surface area contributed by atoms with E-state index in [1.165, 1.54) is 71.2 Å². The summed E-state index contributed by atoms with van der Waals surface area (Å²) in [5.74, 6) is 0.924. The molecule has 0 atom stereocenters. The van der Waals surface area contributed by atoms with E-state index in [-0.39, 0.29) is 0 Å². The molecular formula is C15H30N2O. The summed E-state index contributed by atoms with van der Waals surface area (Å²) in [5.41, 5.74) is 0. The molecule has 2 rings (SSSR count). The van der Waals surface area contributed by atoms with Crippen molar-refractivity contribution in [1.29, 1.82) is 0 Å². The van der Waals surface area contributed by atoms with E-state index >= 15 is 0 Å². The molecule has 3 heteroatoms. The molecular weight excluding hydrogens is 224 g/mol. The van der Waals surface area contributed by atoms with Crippen LogP contribution in [-0.4, -0.2) is 50.3 Å². The Bertz CT molecular complexity index is 211. The molecule has 0 unspecified atom stereocenters. The molecule has 1 saturated heterocycles. The topological polar surface area (TPSA) is 24.5 Å². The van der Waals surface area contributed by atoms with Crippen molar-refractivity contribution >= 4 is 0 Å². The largest absolute Gasteiger partial charge is 0.378 e. The van der Waals surface area contributed by atoms with E-state index in [0.29, 0.717) is 6.10 Å². The highest BCUT2D eigenvalue weighted by atomic mass is 16.5. The fraction of sp³-hybridized carbons (Fsp3) is 1.00. The normalized spacial score (nSPS) is 28.5. The molecule has 0 spiro atoms. The van der Waals surface area contributed by atoms with Crippen LogP contribution in [0.25, 0.3) is 0 Å². The first-order valence-electron chi connectivity index (χ1n) is 7.93. The molecule has 0 aromatic carbocycles. The summed E-state index contributed by atoms with van der Waals surface area (Å²) >= 11 is 0. The SMILES string of the molecule is CCOC1CC(CCNCCCN2CCCC2)C1. The van der Waals surface area contributed by atoms with Crippen molar-refractivity contribution in [2.24, 2.45) is 5.92 Å². The molecule has 0 aromatic heterocycles. The van der Waals surface area contributed by atoms with E-state index < -0.39 is 0 Å². The third-order valence-corrected chi connectivity index (χ3v) is 4.35. The summed E-state index contributed by atoms with van der Waals surface area (Å²) in [6.45, 7) is 9.33. The van der Waals surface area contributed by atoms with Crippen LogP contribution in [0, 0.1) is 5.92 Å². The number of ether oxygens (including phenoxy) is 1. The maximum absolute atomic E-state index is 5.58. The number of hydrogen-bond acceptors (Lipinski definition) is 3. The fourth-order valence-electron chi connectivity index (χ4n) is 3.15. The van der Waals surface area contributed by atoms with Crippen LogP contribution >= 0.6 is 0 Å². The van der Waals surface area contributed by atoms with E-state index in [2.05, 4.69) is 17.1 Å². The van der Waals surface area contributed by atoms with Gasteiger partial charge in [0, 0.05) is 6.61 Å². The molecule has 0 radical (unpaired) electrons. The number of likely N-dealkylation sites (tertiary alicyclic amines) is 1. The summed E-state index contributed by atoms with van der Waals surface area (Å²) in [7, 11) is 0. The van der Waals surface area contributed by atoms with Gasteiger partial charge in [-0.2, -0.15) is 0 Å². The molecule has 2 fully saturated rings. The van der Waals surface area contributed by atoms with Gasteiger partial charge in [-0.15, -0.1) is 0 Å². The van der Waals surface area contributed by atoms with Gasteiger partial charge in [0.1, 0.15) is 0 Å². The minimum Gasteiger partial charge on any atom is -0.378 e. The summed E-state index contributed by atoms with van der Waals surface area (Å²) < 4.78 is 5.58. The monoisotopic (exact) mass is 254 g/mol. The zero-order valence-electron chi connectivity index (χ0n) is 12.0. The lowest BCUT2D eigenvalue weighted by atomic mass is 9.80. The van der Waals surface area contributed by atoms with Gasteiger partial charge in [0.2, 0.25) is 0 Å². The number of nitrogens with zero attached hydrogens (tertiary/aromatic N) is 1. The van der Waals surface area contributed by atoms with Crippen LogP contribution in [0.3, 0.4) is 0 Å². The molecule has 1 saturated carbocycles. The predicted octanol–water partition coefficient (Wildman–Crippen LogP) is 2.27. The molecule has 18 heavy (non-hydrogen) atoms. The minimum absolute atomic E-state index is 0.579. The Balaban J connectivity index is 1.34. The second kappa shape index (κ2) is 8.13. The van der Waals surface area contributed by atoms with Gasteiger partial charge in [-0.25, -0.2) is 0 Å². The number of nitrogens with one attached hydrogen (secondary N) is 1. The van der Waals surface area contributed by atoms with Crippen LogP contribution in [0.15, 0.2) is 0 Å². The van der Waals surface area contributed by atoms with Crippen LogP contribution in [0.1, 0.15) is 45.4 Å². The predicted molar refractivity (Wildman–Crippen MR) is 75.9 cm³/mol. The van der Waals surface area contributed by atoms with E-state index in [1.807, 2.05) is 0 Å². The molecule has 1 N–H and O–H groups in total. The molecule has 106 valence electrons. The second-order valence-corrected chi connectivity index (χ2v) is 5.86. The zero-order valence-corrected chi connectivity index (χ0v) is 12.0. The lowest BCUT2D eigenvalue weighted by Crippen LogP contribution is -2.33. The molecule has 0 bridgehead atoms. The average Bonchev–Trinajstić information content (AvgIpc) is 2.82. The van der Waals surface area contributed by atoms with Gasteiger partial charge in [0.15, 0.2) is 0 Å². The average molecular weight is 254 g/mol. The molecule has 1 heterocycles. The summed E-state index contributed by atoms with van der Waals surface area (Å²) in [6, 6.07) is 0. The molecule has 2 aliphatic rings. The van der Waals surface area contributed by atoms with Crippen molar-refractivity contribution in [3.8, 4) is 0 Å². The molecule has 1 aliphatic carbocycles. The molecule has 3 nitrogen and oxygen atoms in total. The summed E-state index contributed by atoms with van der Waals surface area (Å²) in [4.78, 5) is 2.60. The van der Waals surface area contributed by atoms with Crippen LogP contribution in [0.4, 0.5) is 0 Å². The first-order chi connectivity index (χ1) is 8.88. The Morgan fingerprint density at radius 1 is 1.17 bits per heavy atom. The first-order valence-corrected chi connectivity index (χ1v) is 7.93. The van der Waals surface area contributed by atoms with Crippen molar-refractivity contribution in [1.82, 2.24) is 10.2 Å². The standard InChI is InChI=1S/C15H30N2O/c1-2-18-15-12-14(13-15)6-8-16-7-5-11-17-9-3-4-10-17/h14-16H,2-13H2,1H3. The quantitative estimate of drug-likeness (QED) is 0.639. The van der Waals surface area contributed by atoms with Crippen molar-refractivity contribution in [3.63, 3.8) is 0 Å². The van der Waals surface area contributed by atoms with Crippen molar-refractivity contribution in [2.45, 2.75) is 51.6 Å². The van der Waals surface area contributed by atoms with Crippen molar-refractivity contribution < 1.29 is 4.74 Å². The maximum atomic E-state index is 5.58. The van der Waals surface area contributed by atoms with Gasteiger partial charge in [0.25, 0.3) is 0 Å². The van der Waals surface area contributed by atoms with E-state index in [0.717, 1.165) is 12.5 Å². The third-order valence-electron chi connectivity index (χ3n) is 4.35. The Hall–Kier alpha value is -0.120. The molecule has 1 aliphatic heterocycles. The van der Waals surface area contributed by atoms with E-state index in [1.54, 1.807) is 0 Å². The Labute approximate surface area is 112 Å². The minimum atomic E-state index is 0.579. The van der Waals surface area contributed by atoms with Gasteiger partial charge >= 0.3 is 0 Å². The molecule has 0 amide bonds. The Morgan fingerprint density at radius 2 is 1.94 bits per heavy atom. The van der Waals surface area contributed by atoms with Gasteiger partial charge in [0.05, 0.1) is 6.10 Å². The smallest absolute Gasteiger partial charge is 0.0580 e. The number of rotatable bonds is 9.